The molecule has 1 fully saturated rings. The maximum absolute atomic E-state index is 14.5. The molecule has 0 aliphatic carbocycles. The molecule has 1 aliphatic rings. The average molecular weight is 495 g/mol. The first-order valence-corrected chi connectivity index (χ1v) is 12.4. The van der Waals surface area contributed by atoms with Gasteiger partial charge >= 0.3 is 6.09 Å². The van der Waals surface area contributed by atoms with Crippen molar-refractivity contribution in [2.75, 3.05) is 24.7 Å². The van der Waals surface area contributed by atoms with Crippen molar-refractivity contribution in [2.45, 2.75) is 43.8 Å². The largest absolute Gasteiger partial charge is 0.474 e. The number of rotatable bonds is 7. The van der Waals surface area contributed by atoms with E-state index in [1.165, 1.54) is 18.5 Å². The molecule has 13 heteroatoms. The summed E-state index contributed by atoms with van der Waals surface area (Å²) in [5, 5.41) is 10.7. The molecule has 1 aliphatic heterocycles. The number of benzene rings is 1. The molecule has 1 saturated heterocycles. The molecular formula is C21H27FN6O5S. The van der Waals surface area contributed by atoms with E-state index in [9.17, 15) is 17.6 Å². The Balaban J connectivity index is 1.76. The van der Waals surface area contributed by atoms with Gasteiger partial charge in [0.05, 0.1) is 16.7 Å². The topological polar surface area (TPSA) is 161 Å². The van der Waals surface area contributed by atoms with Gasteiger partial charge in [0.1, 0.15) is 35.5 Å². The van der Waals surface area contributed by atoms with Gasteiger partial charge < -0.3 is 25.4 Å². The minimum Gasteiger partial charge on any atom is -0.474 e. The minimum atomic E-state index is -3.58. The van der Waals surface area contributed by atoms with Crippen LogP contribution in [-0.4, -0.2) is 66.8 Å². The summed E-state index contributed by atoms with van der Waals surface area (Å²) in [6.07, 6.45) is 2.30. The van der Waals surface area contributed by atoms with Crippen LogP contribution in [0.3, 0.4) is 0 Å². The zero-order valence-electron chi connectivity index (χ0n) is 19.0. The van der Waals surface area contributed by atoms with Crippen LogP contribution in [0.4, 0.5) is 20.7 Å². The van der Waals surface area contributed by atoms with Gasteiger partial charge in [0.2, 0.25) is 5.88 Å². The predicted molar refractivity (Wildman–Crippen MR) is 123 cm³/mol. The van der Waals surface area contributed by atoms with Gasteiger partial charge in [-0.2, -0.15) is 0 Å². The Bertz CT molecular complexity index is 1180. The molecule has 2 aromatic rings. The Labute approximate surface area is 196 Å². The number of aromatic nitrogens is 2. The van der Waals surface area contributed by atoms with Crippen molar-refractivity contribution in [1.82, 2.24) is 14.9 Å². The van der Waals surface area contributed by atoms with Crippen molar-refractivity contribution >= 4 is 33.3 Å². The number of amidine groups is 1. The summed E-state index contributed by atoms with van der Waals surface area (Å²) in [5.41, 5.74) is 5.72. The lowest BCUT2D eigenvalue weighted by Gasteiger charge is -2.32. The summed E-state index contributed by atoms with van der Waals surface area (Å²) in [6, 6.07) is 3.40. The molecule has 0 spiro atoms. The number of halogens is 1. The fraction of sp³-hybridized carbons (Fsp3) is 0.429. The van der Waals surface area contributed by atoms with Crippen LogP contribution in [0.15, 0.2) is 29.4 Å². The summed E-state index contributed by atoms with van der Waals surface area (Å²) in [7, 11) is -3.58. The van der Waals surface area contributed by atoms with Crippen LogP contribution in [0.2, 0.25) is 0 Å². The highest BCUT2D eigenvalue weighted by molar-refractivity contribution is 7.90. The Morgan fingerprint density at radius 1 is 1.29 bits per heavy atom. The zero-order chi connectivity index (χ0) is 25.0. The van der Waals surface area contributed by atoms with Gasteiger partial charge in [-0.05, 0) is 32.0 Å². The van der Waals surface area contributed by atoms with Crippen molar-refractivity contribution in [3.8, 4) is 5.88 Å². The van der Waals surface area contributed by atoms with Crippen molar-refractivity contribution in [3.63, 3.8) is 0 Å². The van der Waals surface area contributed by atoms with E-state index in [-0.39, 0.29) is 46.1 Å². The van der Waals surface area contributed by atoms with E-state index in [1.807, 2.05) is 0 Å². The first-order valence-electron chi connectivity index (χ1n) is 10.5. The summed E-state index contributed by atoms with van der Waals surface area (Å²) < 4.78 is 49.0. The minimum absolute atomic E-state index is 0.0291. The third-order valence-electron chi connectivity index (χ3n) is 5.02. The van der Waals surface area contributed by atoms with Crippen molar-refractivity contribution < 1.29 is 27.1 Å². The molecule has 11 nitrogen and oxygen atoms in total. The molecule has 1 amide bonds. The standard InChI is InChI=1S/C21H27FN6O5S/c1-12(2)32-21(29)28-8-6-13(7-9-28)33-20-17(18(23)24)19(25-11-26-20)27-16-5-4-14(10-15(16)22)34(3,30)31/h4-5,10-13H,6-9H2,1-3H3,(H3,23,24)(H,25,26,27). The number of likely N-dealkylation sites (tertiary alicyclic amines) is 1. The number of sulfone groups is 1. The van der Waals surface area contributed by atoms with E-state index in [4.69, 9.17) is 20.6 Å². The smallest absolute Gasteiger partial charge is 0.410 e. The number of carbonyl (C=O) groups is 1. The second kappa shape index (κ2) is 10.2. The van der Waals surface area contributed by atoms with Gasteiger partial charge in [-0.3, -0.25) is 5.41 Å². The quantitative estimate of drug-likeness (QED) is 0.388. The molecule has 0 radical (unpaired) electrons. The molecule has 0 bridgehead atoms. The molecule has 2 heterocycles. The molecule has 3 rings (SSSR count). The van der Waals surface area contributed by atoms with Crippen LogP contribution in [0.5, 0.6) is 5.88 Å². The molecule has 184 valence electrons. The summed E-state index contributed by atoms with van der Waals surface area (Å²) in [4.78, 5) is 21.6. The lowest BCUT2D eigenvalue weighted by atomic mass is 10.1. The monoisotopic (exact) mass is 494 g/mol. The van der Waals surface area contributed by atoms with Gasteiger partial charge in [-0.15, -0.1) is 0 Å². The number of hydrogen-bond donors (Lipinski definition) is 3. The molecule has 0 unspecified atom stereocenters. The summed E-state index contributed by atoms with van der Waals surface area (Å²) in [5.74, 6) is -1.15. The Kier molecular flexibility index (Phi) is 7.54. The lowest BCUT2D eigenvalue weighted by Crippen LogP contribution is -2.42. The van der Waals surface area contributed by atoms with Gasteiger partial charge in [0.25, 0.3) is 0 Å². The Morgan fingerprint density at radius 2 is 1.97 bits per heavy atom. The van der Waals surface area contributed by atoms with E-state index < -0.39 is 21.5 Å². The van der Waals surface area contributed by atoms with Crippen LogP contribution >= 0.6 is 0 Å². The van der Waals surface area contributed by atoms with Crippen LogP contribution in [-0.2, 0) is 14.6 Å². The number of amides is 1. The highest BCUT2D eigenvalue weighted by atomic mass is 32.2. The van der Waals surface area contributed by atoms with Gasteiger partial charge in [0.15, 0.2) is 9.84 Å². The third kappa shape index (κ3) is 6.10. The number of nitrogens with two attached hydrogens (primary N) is 1. The first-order chi connectivity index (χ1) is 16.0. The van der Waals surface area contributed by atoms with Crippen LogP contribution < -0.4 is 15.8 Å². The zero-order valence-corrected chi connectivity index (χ0v) is 19.9. The number of piperidine rings is 1. The second-order valence-corrected chi connectivity index (χ2v) is 10.1. The molecule has 34 heavy (non-hydrogen) atoms. The van der Waals surface area contributed by atoms with E-state index in [0.717, 1.165) is 12.3 Å². The number of ether oxygens (including phenoxy) is 2. The highest BCUT2D eigenvalue weighted by Gasteiger charge is 2.27. The van der Waals surface area contributed by atoms with E-state index >= 15 is 0 Å². The van der Waals surface area contributed by atoms with E-state index in [2.05, 4.69) is 15.3 Å². The number of nitrogen functional groups attached to an aromatic ring is 1. The SMILES string of the molecule is CC(C)OC(=O)N1CCC(Oc2ncnc(Nc3ccc(S(C)(=O)=O)cc3F)c2C(=N)N)CC1. The summed E-state index contributed by atoms with van der Waals surface area (Å²) in [6.45, 7) is 4.42. The number of nitrogens with one attached hydrogen (secondary N) is 2. The van der Waals surface area contributed by atoms with Crippen LogP contribution in [0, 0.1) is 11.2 Å². The number of nitrogens with zero attached hydrogens (tertiary/aromatic N) is 3. The normalized spacial score (nSPS) is 14.7. The predicted octanol–water partition coefficient (Wildman–Crippen LogP) is 2.44. The van der Waals surface area contributed by atoms with Gasteiger partial charge in [-0.25, -0.2) is 27.6 Å². The average Bonchev–Trinajstić information content (AvgIpc) is 2.74. The van der Waals surface area contributed by atoms with Gasteiger partial charge in [0, 0.05) is 32.2 Å². The van der Waals surface area contributed by atoms with E-state index in [0.29, 0.717) is 25.9 Å². The fourth-order valence-electron chi connectivity index (χ4n) is 3.34. The molecular weight excluding hydrogens is 467 g/mol. The maximum atomic E-state index is 14.5. The maximum Gasteiger partial charge on any atom is 0.410 e. The number of anilines is 2. The fourth-order valence-corrected chi connectivity index (χ4v) is 3.97. The van der Waals surface area contributed by atoms with Crippen molar-refractivity contribution in [2.24, 2.45) is 5.73 Å². The molecule has 0 saturated carbocycles. The van der Waals surface area contributed by atoms with Gasteiger partial charge in [-0.1, -0.05) is 0 Å². The Morgan fingerprint density at radius 3 is 2.53 bits per heavy atom. The third-order valence-corrected chi connectivity index (χ3v) is 6.13. The van der Waals surface area contributed by atoms with Crippen LogP contribution in [0.1, 0.15) is 32.3 Å². The second-order valence-electron chi connectivity index (χ2n) is 8.09. The lowest BCUT2D eigenvalue weighted by molar-refractivity contribution is 0.0507. The van der Waals surface area contributed by atoms with Crippen LogP contribution in [0.25, 0.3) is 0 Å². The van der Waals surface area contributed by atoms with Crippen molar-refractivity contribution in [3.05, 3.63) is 35.9 Å². The van der Waals surface area contributed by atoms with E-state index in [1.54, 1.807) is 18.7 Å². The first kappa shape index (κ1) is 25.1. The van der Waals surface area contributed by atoms with Crippen molar-refractivity contribution in [1.29, 1.82) is 5.41 Å². The summed E-state index contributed by atoms with van der Waals surface area (Å²) >= 11 is 0. The molecule has 4 N–H and O–H groups in total. The number of carbonyl (C=O) groups excluding carboxylic acids is 1. The Hall–Kier alpha value is -3.48. The molecule has 1 aromatic heterocycles. The highest BCUT2D eigenvalue weighted by Crippen LogP contribution is 2.29. The molecule has 1 aromatic carbocycles. The molecule has 0 atom stereocenters. The number of hydrogen-bond acceptors (Lipinski definition) is 9.